The molecule has 6 aliphatic rings. The highest BCUT2D eigenvalue weighted by Gasteiger charge is 2.49. The molecule has 4 heterocycles. The number of ether oxygens (including phenoxy) is 1. The van der Waals surface area contributed by atoms with Gasteiger partial charge in [-0.05, 0) is 111 Å². The number of fused-ring (bicyclic) bond motifs is 5. The fourth-order valence-electron chi connectivity index (χ4n) is 10.1. The van der Waals surface area contributed by atoms with E-state index in [4.69, 9.17) is 16.3 Å². The first-order chi connectivity index (χ1) is 24.9. The second kappa shape index (κ2) is 14.2. The summed E-state index contributed by atoms with van der Waals surface area (Å²) in [4.78, 5) is 21.3. The molecular weight excluding hydrogens is 694 g/mol. The molecule has 1 spiro atoms. The average Bonchev–Trinajstić information content (AvgIpc) is 3.25. The van der Waals surface area contributed by atoms with E-state index in [0.717, 1.165) is 101 Å². The second-order valence-electron chi connectivity index (χ2n) is 16.8. The highest BCUT2D eigenvalue weighted by Crippen LogP contribution is 2.48. The zero-order chi connectivity index (χ0) is 36.3. The minimum Gasteiger partial charge on any atom is -0.490 e. The topological polar surface area (TPSA) is 97.4 Å². The summed E-state index contributed by atoms with van der Waals surface area (Å²) >= 11 is 6.50. The van der Waals surface area contributed by atoms with Crippen LogP contribution in [0.5, 0.6) is 5.75 Å². The van der Waals surface area contributed by atoms with Crippen LogP contribution in [0.15, 0.2) is 48.6 Å². The Kier molecular flexibility index (Phi) is 9.96. The van der Waals surface area contributed by atoms with Gasteiger partial charge in [0.25, 0.3) is 5.91 Å². The number of nitrogens with one attached hydrogen (secondary N) is 2. The lowest BCUT2D eigenvalue weighted by Crippen LogP contribution is -2.64. The molecule has 8 rings (SSSR count). The summed E-state index contributed by atoms with van der Waals surface area (Å²) in [6.07, 6.45) is 9.84. The number of β-amino-alcohol motifs (C(OH)–C–C–N with tert-alkyl or cyclic N) is 1. The van der Waals surface area contributed by atoms with Crippen LogP contribution in [0.1, 0.15) is 67.4 Å². The first-order valence-corrected chi connectivity index (χ1v) is 21.7. The van der Waals surface area contributed by atoms with Crippen molar-refractivity contribution in [2.45, 2.75) is 74.7 Å². The van der Waals surface area contributed by atoms with Crippen molar-refractivity contribution < 1.29 is 18.8 Å². The number of anilines is 1. The molecule has 2 bridgehead atoms. The number of piperazine rings is 2. The third kappa shape index (κ3) is 6.92. The van der Waals surface area contributed by atoms with Crippen LogP contribution in [0.3, 0.4) is 0 Å². The van der Waals surface area contributed by atoms with E-state index in [1.54, 1.807) is 6.07 Å². The fraction of sp³-hybridized carbons (Fsp3) is 0.610. The van der Waals surface area contributed by atoms with E-state index in [1.165, 1.54) is 11.1 Å². The zero-order valence-corrected chi connectivity index (χ0v) is 32.4. The summed E-state index contributed by atoms with van der Waals surface area (Å²) in [5, 5.41) is 16.8. The molecule has 2 aromatic rings. The predicted octanol–water partition coefficient (Wildman–Crippen LogP) is 4.51. The molecule has 11 heteroatoms. The monoisotopic (exact) mass is 749 g/mol. The fourth-order valence-corrected chi connectivity index (χ4v) is 11.8. The molecule has 52 heavy (non-hydrogen) atoms. The average molecular weight is 750 g/mol. The van der Waals surface area contributed by atoms with E-state index in [2.05, 4.69) is 61.8 Å². The molecule has 2 aliphatic carbocycles. The van der Waals surface area contributed by atoms with Gasteiger partial charge < -0.3 is 20.1 Å². The number of carbonyl (C=O) groups is 1. The number of aryl methyl sites for hydroxylation is 1. The third-order valence-corrected chi connectivity index (χ3v) is 15.9. The number of benzene rings is 2. The standard InChI is InChI=1S/C41H56ClN5O4S/c1-28-6-4-15-41(49,26-45-18-19-46-17-16-43-22-34(46)24-45)36-11-8-32(36)23-47-25-40(14-5-7-30-20-33(42)10-12-35(30)40)27-51-38-13-9-31(21-37(38)47)39(48)44-52(3,50)29(28)2/h4,9-10,12-13,15,20-21,28-29,32,34,36,43,49H,3,5-8,11,14,16-19,22-27H2,1-2H3,(H,44,48,50)/b15-4+/t28-,29+,32-,34+,36+,40-,41-,52?/m0/s1. The van der Waals surface area contributed by atoms with Crippen molar-refractivity contribution in [3.63, 3.8) is 0 Å². The molecule has 9 nitrogen and oxygen atoms in total. The Bertz CT molecular complexity index is 1820. The van der Waals surface area contributed by atoms with Crippen molar-refractivity contribution in [2.75, 3.05) is 70.4 Å². The SMILES string of the molecule is C=S1(=O)NC(=O)c2ccc3c(c2)N(C[C@@H]2CC[C@H]2[C@@](O)(CN2CCN4CCNC[C@@H]4C2)/C=C/C[C@H](C)[C@H]1C)C[C@@]1(CCCc2cc(Cl)ccc21)CO3. The molecule has 0 radical (unpaired) electrons. The van der Waals surface area contributed by atoms with Gasteiger partial charge in [-0.25, -0.2) is 4.21 Å². The molecule has 2 saturated heterocycles. The van der Waals surface area contributed by atoms with E-state index in [1.807, 2.05) is 25.1 Å². The number of halogens is 1. The van der Waals surface area contributed by atoms with E-state index in [-0.39, 0.29) is 34.3 Å². The Morgan fingerprint density at radius 2 is 1.98 bits per heavy atom. The normalized spacial score (nSPS) is 37.7. The van der Waals surface area contributed by atoms with Crippen molar-refractivity contribution in [2.24, 2.45) is 17.8 Å². The molecule has 1 amide bonds. The molecule has 8 atom stereocenters. The number of hydrogen-bond donors (Lipinski definition) is 3. The Labute approximate surface area is 315 Å². The van der Waals surface area contributed by atoms with E-state index < -0.39 is 15.3 Å². The lowest BCUT2D eigenvalue weighted by molar-refractivity contribution is -0.0757. The second-order valence-corrected chi connectivity index (χ2v) is 19.7. The quantitative estimate of drug-likeness (QED) is 0.305. The van der Waals surface area contributed by atoms with Crippen LogP contribution in [0.4, 0.5) is 5.69 Å². The van der Waals surface area contributed by atoms with Gasteiger partial charge in [0, 0.05) is 86.2 Å². The number of aliphatic hydroxyl groups is 1. The van der Waals surface area contributed by atoms with Crippen LogP contribution < -0.4 is 19.7 Å². The number of amides is 1. The molecule has 1 saturated carbocycles. The summed E-state index contributed by atoms with van der Waals surface area (Å²) in [6.45, 7) is 12.6. The van der Waals surface area contributed by atoms with Crippen molar-refractivity contribution in [3.8, 4) is 5.75 Å². The highest BCUT2D eigenvalue weighted by atomic mass is 35.5. The van der Waals surface area contributed by atoms with Crippen LogP contribution in [-0.4, -0.2) is 113 Å². The maximum Gasteiger partial charge on any atom is 0.262 e. The first-order valence-electron chi connectivity index (χ1n) is 19.5. The van der Waals surface area contributed by atoms with Gasteiger partial charge in [0.2, 0.25) is 0 Å². The number of hydrogen-bond acceptors (Lipinski definition) is 8. The summed E-state index contributed by atoms with van der Waals surface area (Å²) in [5.74, 6) is 4.72. The lowest BCUT2D eigenvalue weighted by atomic mass is 9.63. The van der Waals surface area contributed by atoms with Crippen LogP contribution in [-0.2, 0) is 21.5 Å². The van der Waals surface area contributed by atoms with E-state index in [0.29, 0.717) is 31.2 Å². The molecule has 4 aliphatic heterocycles. The minimum absolute atomic E-state index is 0.0202. The molecule has 2 aromatic carbocycles. The third-order valence-electron chi connectivity index (χ3n) is 13.5. The Balaban J connectivity index is 1.17. The van der Waals surface area contributed by atoms with Crippen molar-refractivity contribution >= 4 is 38.8 Å². The Morgan fingerprint density at radius 1 is 1.12 bits per heavy atom. The molecule has 3 N–H and O–H groups in total. The van der Waals surface area contributed by atoms with Crippen molar-refractivity contribution in [1.29, 1.82) is 0 Å². The van der Waals surface area contributed by atoms with Crippen LogP contribution in [0, 0.1) is 17.8 Å². The smallest absolute Gasteiger partial charge is 0.262 e. The molecular formula is C41H56ClN5O4S. The van der Waals surface area contributed by atoms with Gasteiger partial charge in [-0.15, -0.1) is 0 Å². The van der Waals surface area contributed by atoms with Crippen molar-refractivity contribution in [1.82, 2.24) is 19.8 Å². The summed E-state index contributed by atoms with van der Waals surface area (Å²) < 4.78 is 23.5. The van der Waals surface area contributed by atoms with Crippen LogP contribution in [0.25, 0.3) is 0 Å². The predicted molar refractivity (Wildman–Crippen MR) is 211 cm³/mol. The first kappa shape index (κ1) is 36.4. The molecule has 3 fully saturated rings. The van der Waals surface area contributed by atoms with Gasteiger partial charge in [-0.1, -0.05) is 36.7 Å². The lowest BCUT2D eigenvalue weighted by Gasteiger charge is -2.52. The Morgan fingerprint density at radius 3 is 2.81 bits per heavy atom. The molecule has 282 valence electrons. The molecule has 1 unspecified atom stereocenters. The van der Waals surface area contributed by atoms with Crippen LogP contribution >= 0.6 is 11.6 Å². The summed E-state index contributed by atoms with van der Waals surface area (Å²) in [6, 6.07) is 12.4. The van der Waals surface area contributed by atoms with Gasteiger partial charge in [0.05, 0.1) is 27.6 Å². The number of rotatable bonds is 2. The van der Waals surface area contributed by atoms with Crippen LogP contribution in [0.2, 0.25) is 5.02 Å². The van der Waals surface area contributed by atoms with E-state index in [9.17, 15) is 14.1 Å². The maximum atomic E-state index is 14.0. The number of carbonyl (C=O) groups excluding carboxylic acids is 1. The van der Waals surface area contributed by atoms with Gasteiger partial charge in [0.1, 0.15) is 5.75 Å². The Hall–Kier alpha value is -2.60. The van der Waals surface area contributed by atoms with Gasteiger partial charge >= 0.3 is 0 Å². The summed E-state index contributed by atoms with van der Waals surface area (Å²) in [5.41, 5.74) is 2.64. The number of allylic oxidation sites excluding steroid dienone is 1. The summed E-state index contributed by atoms with van der Waals surface area (Å²) in [7, 11) is -2.98. The largest absolute Gasteiger partial charge is 0.490 e. The maximum absolute atomic E-state index is 14.0. The van der Waals surface area contributed by atoms with E-state index >= 15 is 0 Å². The van der Waals surface area contributed by atoms with Gasteiger partial charge in [-0.2, -0.15) is 0 Å². The molecule has 0 aromatic heterocycles. The zero-order valence-electron chi connectivity index (χ0n) is 30.8. The number of nitrogens with zero attached hydrogens (tertiary/aromatic N) is 3. The van der Waals surface area contributed by atoms with Gasteiger partial charge in [-0.3, -0.25) is 19.3 Å². The van der Waals surface area contributed by atoms with Gasteiger partial charge in [0.15, 0.2) is 0 Å². The van der Waals surface area contributed by atoms with Crippen molar-refractivity contribution in [3.05, 3.63) is 70.3 Å². The highest BCUT2D eigenvalue weighted by molar-refractivity contribution is 7.99. The minimum atomic E-state index is -2.98.